The Labute approximate surface area is 227 Å². The number of allylic oxidation sites excluding steroid dienone is 1. The molecule has 0 aliphatic heterocycles. The zero-order chi connectivity index (χ0) is 27.4. The lowest BCUT2D eigenvalue weighted by Gasteiger charge is -2.19. The highest BCUT2D eigenvalue weighted by Crippen LogP contribution is 2.26. The molecule has 1 atom stereocenters. The number of esters is 1. The largest absolute Gasteiger partial charge is 0.488 e. The van der Waals surface area contributed by atoms with Crippen LogP contribution >= 0.6 is 0 Å². The van der Waals surface area contributed by atoms with Gasteiger partial charge in [-0.1, -0.05) is 93.9 Å². The molecule has 0 amide bonds. The smallest absolute Gasteiger partial charge is 0.337 e. The highest BCUT2D eigenvalue weighted by atomic mass is 16.5. The van der Waals surface area contributed by atoms with Crippen molar-refractivity contribution in [1.29, 1.82) is 5.26 Å². The van der Waals surface area contributed by atoms with Crippen LogP contribution in [-0.2, 0) is 23.2 Å². The van der Waals surface area contributed by atoms with Crippen molar-refractivity contribution in [3.05, 3.63) is 107 Å². The van der Waals surface area contributed by atoms with E-state index < -0.39 is 0 Å². The molecule has 0 aliphatic rings. The standard InChI is InChI=1S/C34H39NO3/c1-34(2,3)31-21-16-28(17-22-31)25-38-32-12-8-7-11-29(32)18-13-26(10-6-5-9-23-35)24-27-14-19-30(20-15-27)33(36)37-4/h7-8,11-22,26H,5-6,9-10,24-25H2,1-4H3. The number of para-hydroxylation sites is 1. The predicted octanol–water partition coefficient (Wildman–Crippen LogP) is 8.31. The summed E-state index contributed by atoms with van der Waals surface area (Å²) in [6.07, 6.45) is 8.71. The van der Waals surface area contributed by atoms with Gasteiger partial charge in [0, 0.05) is 12.0 Å². The van der Waals surface area contributed by atoms with Crippen LogP contribution in [0.15, 0.2) is 78.9 Å². The molecule has 38 heavy (non-hydrogen) atoms. The molecule has 4 nitrogen and oxygen atoms in total. The second kappa shape index (κ2) is 14.2. The van der Waals surface area contributed by atoms with Gasteiger partial charge in [-0.25, -0.2) is 4.79 Å². The van der Waals surface area contributed by atoms with Crippen molar-refractivity contribution >= 4 is 12.0 Å². The summed E-state index contributed by atoms with van der Waals surface area (Å²) < 4.78 is 11.0. The number of nitriles is 1. The zero-order valence-electron chi connectivity index (χ0n) is 23.1. The number of carbonyl (C=O) groups is 1. The van der Waals surface area contributed by atoms with Gasteiger partial charge in [0.2, 0.25) is 0 Å². The van der Waals surface area contributed by atoms with Crippen molar-refractivity contribution < 1.29 is 14.3 Å². The van der Waals surface area contributed by atoms with Crippen molar-refractivity contribution in [1.82, 2.24) is 0 Å². The van der Waals surface area contributed by atoms with Gasteiger partial charge in [0.05, 0.1) is 18.7 Å². The molecule has 0 saturated heterocycles. The molecule has 0 N–H and O–H groups in total. The minimum Gasteiger partial charge on any atom is -0.488 e. The van der Waals surface area contributed by atoms with E-state index in [0.29, 0.717) is 24.5 Å². The summed E-state index contributed by atoms with van der Waals surface area (Å²) in [6.45, 7) is 7.17. The molecule has 1 unspecified atom stereocenters. The van der Waals surface area contributed by atoms with Crippen molar-refractivity contribution in [2.45, 2.75) is 64.9 Å². The second-order valence-corrected chi connectivity index (χ2v) is 10.7. The summed E-state index contributed by atoms with van der Waals surface area (Å²) in [4.78, 5) is 11.8. The first-order chi connectivity index (χ1) is 18.3. The maximum Gasteiger partial charge on any atom is 0.337 e. The van der Waals surface area contributed by atoms with Gasteiger partial charge in [-0.3, -0.25) is 0 Å². The first-order valence-electron chi connectivity index (χ1n) is 13.3. The van der Waals surface area contributed by atoms with E-state index in [4.69, 9.17) is 14.7 Å². The van der Waals surface area contributed by atoms with Crippen molar-refractivity contribution in [3.8, 4) is 11.8 Å². The molecule has 0 fully saturated rings. The first-order valence-corrected chi connectivity index (χ1v) is 13.3. The van der Waals surface area contributed by atoms with E-state index in [1.54, 1.807) is 0 Å². The number of nitrogens with zero attached hydrogens (tertiary/aromatic N) is 1. The molecule has 4 heteroatoms. The molecule has 0 radical (unpaired) electrons. The number of ether oxygens (including phenoxy) is 2. The van der Waals surface area contributed by atoms with E-state index in [0.717, 1.165) is 48.1 Å². The van der Waals surface area contributed by atoms with Crippen molar-refractivity contribution in [3.63, 3.8) is 0 Å². The lowest BCUT2D eigenvalue weighted by Crippen LogP contribution is -2.10. The molecule has 0 heterocycles. The molecule has 0 aliphatic carbocycles. The monoisotopic (exact) mass is 509 g/mol. The Balaban J connectivity index is 1.70. The maximum atomic E-state index is 11.8. The van der Waals surface area contributed by atoms with E-state index in [1.807, 2.05) is 42.5 Å². The average Bonchev–Trinajstić information content (AvgIpc) is 2.93. The Morgan fingerprint density at radius 3 is 2.29 bits per heavy atom. The Morgan fingerprint density at radius 1 is 0.947 bits per heavy atom. The van der Waals surface area contributed by atoms with Crippen LogP contribution in [0, 0.1) is 17.2 Å². The van der Waals surface area contributed by atoms with Crippen molar-refractivity contribution in [2.24, 2.45) is 5.92 Å². The van der Waals surface area contributed by atoms with Crippen molar-refractivity contribution in [2.75, 3.05) is 7.11 Å². The SMILES string of the molecule is COC(=O)c1ccc(CC(C=Cc2ccccc2OCc2ccc(C(C)(C)C)cc2)CCCCC#N)cc1. The van der Waals surface area contributed by atoms with E-state index in [2.05, 4.69) is 69.3 Å². The fourth-order valence-electron chi connectivity index (χ4n) is 4.33. The minimum atomic E-state index is -0.328. The molecule has 3 aromatic carbocycles. The Hall–Kier alpha value is -3.84. The van der Waals surface area contributed by atoms with Gasteiger partial charge in [0.15, 0.2) is 0 Å². The molecule has 198 valence electrons. The Bertz CT molecular complexity index is 1230. The Morgan fingerprint density at radius 2 is 1.63 bits per heavy atom. The summed E-state index contributed by atoms with van der Waals surface area (Å²) in [5.74, 6) is 0.830. The topological polar surface area (TPSA) is 59.3 Å². The minimum absolute atomic E-state index is 0.130. The molecule has 0 spiro atoms. The average molecular weight is 510 g/mol. The van der Waals surface area contributed by atoms with Crippen LogP contribution in [-0.4, -0.2) is 13.1 Å². The summed E-state index contributed by atoms with van der Waals surface area (Å²) in [6, 6.07) is 26.6. The molecular weight excluding hydrogens is 470 g/mol. The van der Waals surface area contributed by atoms with Crippen LogP contribution in [0.1, 0.15) is 79.1 Å². The van der Waals surface area contributed by atoms with Gasteiger partial charge < -0.3 is 9.47 Å². The second-order valence-electron chi connectivity index (χ2n) is 10.7. The van der Waals surface area contributed by atoms with Gasteiger partial charge in [-0.05, 0) is 65.5 Å². The van der Waals surface area contributed by atoms with Gasteiger partial charge in [0.1, 0.15) is 12.4 Å². The maximum absolute atomic E-state index is 11.8. The van der Waals surface area contributed by atoms with Crippen LogP contribution in [0.25, 0.3) is 6.08 Å². The number of rotatable bonds is 12. The molecule has 3 aromatic rings. The summed E-state index contributed by atoms with van der Waals surface area (Å²) in [7, 11) is 1.39. The molecular formula is C34H39NO3. The number of hydrogen-bond donors (Lipinski definition) is 0. The number of benzene rings is 3. The zero-order valence-corrected chi connectivity index (χ0v) is 23.1. The third kappa shape index (κ3) is 8.92. The lowest BCUT2D eigenvalue weighted by atomic mass is 9.87. The summed E-state index contributed by atoms with van der Waals surface area (Å²) in [5.41, 5.74) is 5.34. The molecule has 0 aromatic heterocycles. The predicted molar refractivity (Wildman–Crippen MR) is 154 cm³/mol. The highest BCUT2D eigenvalue weighted by Gasteiger charge is 2.13. The van der Waals surface area contributed by atoms with Crippen LogP contribution in [0.5, 0.6) is 5.75 Å². The van der Waals surface area contributed by atoms with Crippen LogP contribution < -0.4 is 4.74 Å². The normalized spacial score (nSPS) is 12.2. The fraction of sp³-hybridized carbons (Fsp3) is 0.353. The quantitative estimate of drug-likeness (QED) is 0.182. The number of hydrogen-bond acceptors (Lipinski definition) is 4. The van der Waals surface area contributed by atoms with Gasteiger partial charge in [-0.15, -0.1) is 0 Å². The van der Waals surface area contributed by atoms with Crippen LogP contribution in [0.2, 0.25) is 0 Å². The third-order valence-corrected chi connectivity index (χ3v) is 6.67. The molecule has 3 rings (SSSR count). The van der Waals surface area contributed by atoms with E-state index in [1.165, 1.54) is 12.7 Å². The van der Waals surface area contributed by atoms with Crippen LogP contribution in [0.4, 0.5) is 0 Å². The van der Waals surface area contributed by atoms with E-state index >= 15 is 0 Å². The summed E-state index contributed by atoms with van der Waals surface area (Å²) in [5, 5.41) is 8.91. The fourth-order valence-corrected chi connectivity index (χ4v) is 4.33. The van der Waals surface area contributed by atoms with Gasteiger partial charge in [-0.2, -0.15) is 5.26 Å². The Kier molecular flexibility index (Phi) is 10.7. The lowest BCUT2D eigenvalue weighted by molar-refractivity contribution is 0.0600. The number of carbonyl (C=O) groups excluding carboxylic acids is 1. The molecule has 0 saturated carbocycles. The first kappa shape index (κ1) is 28.7. The molecule has 0 bridgehead atoms. The van der Waals surface area contributed by atoms with Gasteiger partial charge >= 0.3 is 5.97 Å². The third-order valence-electron chi connectivity index (χ3n) is 6.67. The van der Waals surface area contributed by atoms with E-state index in [-0.39, 0.29) is 11.4 Å². The van der Waals surface area contributed by atoms with E-state index in [9.17, 15) is 4.79 Å². The number of unbranched alkanes of at least 4 members (excludes halogenated alkanes) is 2. The number of methoxy groups -OCH3 is 1. The highest BCUT2D eigenvalue weighted by molar-refractivity contribution is 5.89. The van der Waals surface area contributed by atoms with Crippen LogP contribution in [0.3, 0.4) is 0 Å². The summed E-state index contributed by atoms with van der Waals surface area (Å²) >= 11 is 0. The van der Waals surface area contributed by atoms with Gasteiger partial charge in [0.25, 0.3) is 0 Å².